The van der Waals surface area contributed by atoms with Crippen LogP contribution in [0.25, 0.3) is 11.1 Å². The Hall–Kier alpha value is -1.48. The molecule has 0 aliphatic carbocycles. The van der Waals surface area contributed by atoms with Gasteiger partial charge in [0.1, 0.15) is 5.76 Å². The van der Waals surface area contributed by atoms with Crippen LogP contribution >= 0.6 is 11.6 Å². The van der Waals surface area contributed by atoms with Crippen molar-refractivity contribution in [1.82, 2.24) is 5.16 Å². The molecule has 1 heterocycles. The maximum atomic E-state index is 5.78. The summed E-state index contributed by atoms with van der Waals surface area (Å²) in [5, 5.41) is 4.38. The molecule has 0 aliphatic rings. The molecule has 3 nitrogen and oxygen atoms in total. The van der Waals surface area contributed by atoms with Gasteiger partial charge in [0.2, 0.25) is 0 Å². The van der Waals surface area contributed by atoms with E-state index in [1.807, 2.05) is 31.2 Å². The van der Waals surface area contributed by atoms with Crippen LogP contribution in [0.5, 0.6) is 0 Å². The van der Waals surface area contributed by atoms with E-state index < -0.39 is 0 Å². The van der Waals surface area contributed by atoms with Crippen molar-refractivity contribution in [2.24, 2.45) is 0 Å². The predicted octanol–water partition coefficient (Wildman–Crippen LogP) is 2.89. The summed E-state index contributed by atoms with van der Waals surface area (Å²) in [5.74, 6) is 1.12. The molecule has 0 saturated heterocycles. The monoisotopic (exact) mass is 208 g/mol. The molecule has 2 rings (SSSR count). The normalized spacial score (nSPS) is 10.4. The summed E-state index contributed by atoms with van der Waals surface area (Å²) in [4.78, 5) is 0. The molecule has 0 amide bonds. The molecule has 2 aromatic rings. The molecule has 0 radical (unpaired) electrons. The molecule has 0 spiro atoms. The van der Waals surface area contributed by atoms with E-state index in [1.54, 1.807) is 0 Å². The highest BCUT2D eigenvalue weighted by Gasteiger charge is 2.11. The smallest absolute Gasteiger partial charge is 0.175 e. The van der Waals surface area contributed by atoms with Gasteiger partial charge in [-0.05, 0) is 24.6 Å². The fraction of sp³-hybridized carbons (Fsp3) is 0.100. The quantitative estimate of drug-likeness (QED) is 0.784. The van der Waals surface area contributed by atoms with Gasteiger partial charge >= 0.3 is 0 Å². The van der Waals surface area contributed by atoms with Crippen LogP contribution in [0.15, 0.2) is 28.8 Å². The Labute approximate surface area is 86.5 Å². The summed E-state index contributed by atoms with van der Waals surface area (Å²) in [6, 6.07) is 7.39. The van der Waals surface area contributed by atoms with Crippen molar-refractivity contribution in [3.63, 3.8) is 0 Å². The SMILES string of the molecule is Cc1onc(N)c1-c1ccc(Cl)cc1. The third kappa shape index (κ3) is 1.46. The number of benzene rings is 1. The number of anilines is 1. The minimum atomic E-state index is 0.407. The highest BCUT2D eigenvalue weighted by Crippen LogP contribution is 2.29. The van der Waals surface area contributed by atoms with Gasteiger partial charge in [0.15, 0.2) is 5.82 Å². The highest BCUT2D eigenvalue weighted by atomic mass is 35.5. The zero-order valence-electron chi connectivity index (χ0n) is 7.62. The zero-order chi connectivity index (χ0) is 10.1. The van der Waals surface area contributed by atoms with E-state index in [1.165, 1.54) is 0 Å². The van der Waals surface area contributed by atoms with E-state index >= 15 is 0 Å². The fourth-order valence-electron chi connectivity index (χ4n) is 1.36. The van der Waals surface area contributed by atoms with E-state index in [2.05, 4.69) is 5.16 Å². The molecule has 0 saturated carbocycles. The van der Waals surface area contributed by atoms with Crippen LogP contribution in [0.4, 0.5) is 5.82 Å². The maximum Gasteiger partial charge on any atom is 0.175 e. The molecule has 72 valence electrons. The average Bonchev–Trinajstić information content (AvgIpc) is 2.49. The minimum absolute atomic E-state index is 0.407. The van der Waals surface area contributed by atoms with Gasteiger partial charge < -0.3 is 10.3 Å². The molecule has 0 bridgehead atoms. The number of nitrogen functional groups attached to an aromatic ring is 1. The molecule has 0 fully saturated rings. The standard InChI is InChI=1S/C10H9ClN2O/c1-6-9(10(12)13-14-6)7-2-4-8(11)5-3-7/h2-5H,1H3,(H2,12,13). The van der Waals surface area contributed by atoms with Crippen molar-refractivity contribution in [2.75, 3.05) is 5.73 Å². The topological polar surface area (TPSA) is 52.0 Å². The lowest BCUT2D eigenvalue weighted by Gasteiger charge is -1.99. The molecule has 0 aliphatic heterocycles. The van der Waals surface area contributed by atoms with Gasteiger partial charge in [0.05, 0.1) is 5.56 Å². The Morgan fingerprint density at radius 3 is 2.43 bits per heavy atom. The number of rotatable bonds is 1. The summed E-state index contributed by atoms with van der Waals surface area (Å²) in [6.45, 7) is 1.83. The van der Waals surface area contributed by atoms with E-state index in [0.717, 1.165) is 11.1 Å². The Morgan fingerprint density at radius 2 is 1.93 bits per heavy atom. The lowest BCUT2D eigenvalue weighted by molar-refractivity contribution is 0.401. The second kappa shape index (κ2) is 3.35. The Kier molecular flexibility index (Phi) is 2.17. The van der Waals surface area contributed by atoms with Gasteiger partial charge in [0, 0.05) is 5.02 Å². The van der Waals surface area contributed by atoms with Crippen LogP contribution in [0.3, 0.4) is 0 Å². The first-order valence-corrected chi connectivity index (χ1v) is 4.54. The highest BCUT2D eigenvalue weighted by molar-refractivity contribution is 6.30. The largest absolute Gasteiger partial charge is 0.380 e. The summed E-state index contributed by atoms with van der Waals surface area (Å²) in [5.41, 5.74) is 7.47. The van der Waals surface area contributed by atoms with Crippen LogP contribution in [-0.2, 0) is 0 Å². The third-order valence-electron chi connectivity index (χ3n) is 2.02. The number of nitrogens with two attached hydrogens (primary N) is 1. The first-order valence-electron chi connectivity index (χ1n) is 4.16. The number of halogens is 1. The average molecular weight is 209 g/mol. The van der Waals surface area contributed by atoms with E-state index in [9.17, 15) is 0 Å². The van der Waals surface area contributed by atoms with Crippen molar-refractivity contribution in [3.05, 3.63) is 35.0 Å². The molecule has 1 aromatic heterocycles. The van der Waals surface area contributed by atoms with Gasteiger partial charge in [0.25, 0.3) is 0 Å². The molecule has 1 aromatic carbocycles. The minimum Gasteiger partial charge on any atom is -0.380 e. The molecule has 0 unspecified atom stereocenters. The van der Waals surface area contributed by atoms with Gasteiger partial charge in [-0.25, -0.2) is 0 Å². The Morgan fingerprint density at radius 1 is 1.29 bits per heavy atom. The predicted molar refractivity (Wildman–Crippen MR) is 56.1 cm³/mol. The van der Waals surface area contributed by atoms with Crippen LogP contribution < -0.4 is 5.73 Å². The van der Waals surface area contributed by atoms with Crippen molar-refractivity contribution >= 4 is 17.4 Å². The van der Waals surface area contributed by atoms with Gasteiger partial charge in [-0.15, -0.1) is 0 Å². The molecular weight excluding hydrogens is 200 g/mol. The maximum absolute atomic E-state index is 5.78. The first kappa shape index (κ1) is 9.09. The van der Waals surface area contributed by atoms with Crippen LogP contribution in [0.1, 0.15) is 5.76 Å². The summed E-state index contributed by atoms with van der Waals surface area (Å²) >= 11 is 5.78. The molecule has 0 atom stereocenters. The zero-order valence-corrected chi connectivity index (χ0v) is 8.38. The summed E-state index contributed by atoms with van der Waals surface area (Å²) in [6.07, 6.45) is 0. The number of aryl methyl sites for hydroxylation is 1. The molecule has 2 N–H and O–H groups in total. The lowest BCUT2D eigenvalue weighted by atomic mass is 10.1. The lowest BCUT2D eigenvalue weighted by Crippen LogP contribution is -1.88. The third-order valence-corrected chi connectivity index (χ3v) is 2.27. The fourth-order valence-corrected chi connectivity index (χ4v) is 1.48. The second-order valence-electron chi connectivity index (χ2n) is 3.01. The Balaban J connectivity index is 2.54. The van der Waals surface area contributed by atoms with E-state index in [-0.39, 0.29) is 0 Å². The van der Waals surface area contributed by atoms with Crippen molar-refractivity contribution in [1.29, 1.82) is 0 Å². The van der Waals surface area contributed by atoms with Gasteiger partial charge in [-0.1, -0.05) is 28.9 Å². The van der Waals surface area contributed by atoms with Gasteiger partial charge in [-0.2, -0.15) is 0 Å². The molecule has 4 heteroatoms. The number of aromatic nitrogens is 1. The van der Waals surface area contributed by atoms with Gasteiger partial charge in [-0.3, -0.25) is 0 Å². The van der Waals surface area contributed by atoms with Crippen LogP contribution in [0.2, 0.25) is 5.02 Å². The number of nitrogens with zero attached hydrogens (tertiary/aromatic N) is 1. The summed E-state index contributed by atoms with van der Waals surface area (Å²) in [7, 11) is 0. The van der Waals surface area contributed by atoms with Crippen molar-refractivity contribution in [2.45, 2.75) is 6.92 Å². The molecule has 14 heavy (non-hydrogen) atoms. The Bertz CT molecular complexity index is 428. The van der Waals surface area contributed by atoms with E-state index in [4.69, 9.17) is 21.9 Å². The number of hydrogen-bond acceptors (Lipinski definition) is 3. The molecular formula is C10H9ClN2O. The second-order valence-corrected chi connectivity index (χ2v) is 3.44. The van der Waals surface area contributed by atoms with Crippen molar-refractivity contribution in [3.8, 4) is 11.1 Å². The van der Waals surface area contributed by atoms with Crippen LogP contribution in [-0.4, -0.2) is 5.16 Å². The van der Waals surface area contributed by atoms with Crippen LogP contribution in [0, 0.1) is 6.92 Å². The van der Waals surface area contributed by atoms with E-state index in [0.29, 0.717) is 16.6 Å². The first-order chi connectivity index (χ1) is 6.68. The number of hydrogen-bond donors (Lipinski definition) is 1. The van der Waals surface area contributed by atoms with Crippen molar-refractivity contribution < 1.29 is 4.52 Å². The summed E-state index contributed by atoms with van der Waals surface area (Å²) < 4.78 is 4.97.